The van der Waals surface area contributed by atoms with Crippen LogP contribution in [0.2, 0.25) is 0 Å². The molecule has 1 aromatic carbocycles. The second-order valence-electron chi connectivity index (χ2n) is 5.41. The van der Waals surface area contributed by atoms with E-state index in [4.69, 9.17) is 0 Å². The first-order chi connectivity index (χ1) is 11.7. The van der Waals surface area contributed by atoms with Crippen LogP contribution in [-0.2, 0) is 0 Å². The predicted molar refractivity (Wildman–Crippen MR) is 89.7 cm³/mol. The Kier molecular flexibility index (Phi) is 3.31. The zero-order valence-electron chi connectivity index (χ0n) is 12.9. The van der Waals surface area contributed by atoms with Gasteiger partial charge < -0.3 is 5.32 Å². The fourth-order valence-corrected chi connectivity index (χ4v) is 2.50. The van der Waals surface area contributed by atoms with Crippen molar-refractivity contribution >= 4 is 17.2 Å². The number of benzene rings is 1. The molecule has 0 unspecified atom stereocenters. The molecule has 7 heteroatoms. The van der Waals surface area contributed by atoms with Crippen LogP contribution in [0.1, 0.15) is 16.2 Å². The van der Waals surface area contributed by atoms with Crippen LogP contribution in [0.25, 0.3) is 16.9 Å². The SMILES string of the molecule is Cc1cn2nc(C(=O)Nc3cccc(-c4ccn[nH]4)c3)ccc2n1. The van der Waals surface area contributed by atoms with Crippen LogP contribution < -0.4 is 5.32 Å². The van der Waals surface area contributed by atoms with Crippen molar-refractivity contribution in [3.8, 4) is 11.3 Å². The Morgan fingerprint density at radius 3 is 2.96 bits per heavy atom. The summed E-state index contributed by atoms with van der Waals surface area (Å²) < 4.78 is 1.60. The highest BCUT2D eigenvalue weighted by Gasteiger charge is 2.10. The number of nitrogens with zero attached hydrogens (tertiary/aromatic N) is 4. The minimum absolute atomic E-state index is 0.273. The normalized spacial score (nSPS) is 10.9. The van der Waals surface area contributed by atoms with Crippen molar-refractivity contribution in [3.63, 3.8) is 0 Å². The molecule has 24 heavy (non-hydrogen) atoms. The van der Waals surface area contributed by atoms with Crippen LogP contribution in [0, 0.1) is 6.92 Å². The van der Waals surface area contributed by atoms with Crippen LogP contribution >= 0.6 is 0 Å². The van der Waals surface area contributed by atoms with E-state index in [1.54, 1.807) is 29.0 Å². The first-order valence-corrected chi connectivity index (χ1v) is 7.43. The Hall–Kier alpha value is -3.48. The minimum atomic E-state index is -0.273. The number of aryl methyl sites for hydroxylation is 1. The highest BCUT2D eigenvalue weighted by atomic mass is 16.1. The van der Waals surface area contributed by atoms with Crippen molar-refractivity contribution in [3.05, 3.63) is 66.2 Å². The number of rotatable bonds is 3. The summed E-state index contributed by atoms with van der Waals surface area (Å²) in [4.78, 5) is 16.7. The van der Waals surface area contributed by atoms with Crippen LogP contribution in [0.5, 0.6) is 0 Å². The third-order valence-electron chi connectivity index (χ3n) is 3.61. The van der Waals surface area contributed by atoms with Gasteiger partial charge >= 0.3 is 0 Å². The molecule has 2 N–H and O–H groups in total. The molecule has 0 saturated carbocycles. The molecule has 0 spiro atoms. The third kappa shape index (κ3) is 2.63. The highest BCUT2D eigenvalue weighted by Crippen LogP contribution is 2.20. The summed E-state index contributed by atoms with van der Waals surface area (Å²) in [7, 11) is 0. The number of amides is 1. The fraction of sp³-hybridized carbons (Fsp3) is 0.0588. The topological polar surface area (TPSA) is 88.0 Å². The van der Waals surface area contributed by atoms with Gasteiger partial charge in [-0.2, -0.15) is 10.2 Å². The molecule has 0 saturated heterocycles. The van der Waals surface area contributed by atoms with Crippen LogP contribution in [0.15, 0.2) is 54.9 Å². The molecular formula is C17H14N6O. The number of carbonyl (C=O) groups is 1. The number of hydrogen-bond donors (Lipinski definition) is 2. The lowest BCUT2D eigenvalue weighted by atomic mass is 10.1. The zero-order chi connectivity index (χ0) is 16.5. The molecule has 3 aromatic heterocycles. The number of nitrogens with one attached hydrogen (secondary N) is 2. The van der Waals surface area contributed by atoms with Crippen molar-refractivity contribution in [2.75, 3.05) is 5.32 Å². The van der Waals surface area contributed by atoms with E-state index in [2.05, 4.69) is 25.6 Å². The van der Waals surface area contributed by atoms with Crippen molar-refractivity contribution < 1.29 is 4.79 Å². The average Bonchev–Trinajstić information content (AvgIpc) is 3.22. The molecule has 0 aliphatic carbocycles. The van der Waals surface area contributed by atoms with E-state index >= 15 is 0 Å². The lowest BCUT2D eigenvalue weighted by Gasteiger charge is -2.06. The van der Waals surface area contributed by atoms with Crippen molar-refractivity contribution in [1.82, 2.24) is 24.8 Å². The Labute approximate surface area is 137 Å². The van der Waals surface area contributed by atoms with E-state index in [9.17, 15) is 4.79 Å². The van der Waals surface area contributed by atoms with E-state index in [0.29, 0.717) is 17.0 Å². The number of aromatic nitrogens is 5. The molecular weight excluding hydrogens is 304 g/mol. The number of fused-ring (bicyclic) bond motifs is 1. The maximum absolute atomic E-state index is 12.4. The maximum atomic E-state index is 12.4. The Morgan fingerprint density at radius 1 is 1.21 bits per heavy atom. The third-order valence-corrected chi connectivity index (χ3v) is 3.61. The number of imidazole rings is 1. The highest BCUT2D eigenvalue weighted by molar-refractivity contribution is 6.03. The van der Waals surface area contributed by atoms with E-state index in [0.717, 1.165) is 17.0 Å². The number of carbonyl (C=O) groups excluding carboxylic acids is 1. The van der Waals surface area contributed by atoms with Gasteiger partial charge in [-0.15, -0.1) is 0 Å². The molecule has 4 aromatic rings. The number of H-pyrrole nitrogens is 1. The number of aromatic amines is 1. The van der Waals surface area contributed by atoms with Gasteiger partial charge in [0.25, 0.3) is 5.91 Å². The van der Waals surface area contributed by atoms with Gasteiger partial charge in [-0.25, -0.2) is 9.50 Å². The zero-order valence-corrected chi connectivity index (χ0v) is 12.9. The van der Waals surface area contributed by atoms with Gasteiger partial charge in [-0.05, 0) is 37.3 Å². The Balaban J connectivity index is 1.60. The molecule has 118 valence electrons. The van der Waals surface area contributed by atoms with Crippen molar-refractivity contribution in [2.24, 2.45) is 0 Å². The smallest absolute Gasteiger partial charge is 0.276 e. The van der Waals surface area contributed by atoms with Crippen LogP contribution in [0.3, 0.4) is 0 Å². The Morgan fingerprint density at radius 2 is 2.12 bits per heavy atom. The summed E-state index contributed by atoms with van der Waals surface area (Å²) in [6.07, 6.45) is 3.47. The largest absolute Gasteiger partial charge is 0.321 e. The molecule has 1 amide bonds. The second kappa shape index (κ2) is 5.62. The average molecular weight is 318 g/mol. The molecule has 7 nitrogen and oxygen atoms in total. The number of anilines is 1. The molecule has 0 atom stereocenters. The first-order valence-electron chi connectivity index (χ1n) is 7.43. The van der Waals surface area contributed by atoms with Gasteiger partial charge in [0, 0.05) is 17.4 Å². The van der Waals surface area contributed by atoms with Crippen LogP contribution in [-0.4, -0.2) is 30.7 Å². The summed E-state index contributed by atoms with van der Waals surface area (Å²) in [5.74, 6) is -0.273. The molecule has 0 aliphatic heterocycles. The van der Waals surface area contributed by atoms with E-state index < -0.39 is 0 Å². The molecule has 3 heterocycles. The van der Waals surface area contributed by atoms with Gasteiger partial charge in [0.2, 0.25) is 0 Å². The second-order valence-corrected chi connectivity index (χ2v) is 5.41. The standard InChI is InChI=1S/C17H14N6O/c1-11-10-23-16(19-11)6-5-15(22-23)17(24)20-13-4-2-3-12(9-13)14-7-8-18-21-14/h2-10H,1H3,(H,18,21)(H,20,24). The molecule has 0 fully saturated rings. The van der Waals surface area contributed by atoms with Gasteiger partial charge in [0.05, 0.1) is 17.6 Å². The first kappa shape index (κ1) is 14.1. The van der Waals surface area contributed by atoms with E-state index in [-0.39, 0.29) is 5.91 Å². The van der Waals surface area contributed by atoms with Gasteiger partial charge in [-0.3, -0.25) is 9.89 Å². The fourth-order valence-electron chi connectivity index (χ4n) is 2.50. The van der Waals surface area contributed by atoms with Crippen molar-refractivity contribution in [1.29, 1.82) is 0 Å². The van der Waals surface area contributed by atoms with Gasteiger partial charge in [0.15, 0.2) is 5.65 Å². The minimum Gasteiger partial charge on any atom is -0.321 e. The van der Waals surface area contributed by atoms with Crippen molar-refractivity contribution in [2.45, 2.75) is 6.92 Å². The molecule has 0 aliphatic rings. The summed E-state index contributed by atoms with van der Waals surface area (Å²) in [6.45, 7) is 1.88. The predicted octanol–water partition coefficient (Wildman–Crippen LogP) is 2.68. The van der Waals surface area contributed by atoms with E-state index in [1.165, 1.54) is 0 Å². The van der Waals surface area contributed by atoms with E-state index in [1.807, 2.05) is 37.3 Å². The van der Waals surface area contributed by atoms with Gasteiger partial charge in [0.1, 0.15) is 5.69 Å². The summed E-state index contributed by atoms with van der Waals surface area (Å²) in [5, 5.41) is 14.0. The maximum Gasteiger partial charge on any atom is 0.276 e. The summed E-state index contributed by atoms with van der Waals surface area (Å²) >= 11 is 0. The lowest BCUT2D eigenvalue weighted by Crippen LogP contribution is -2.15. The lowest BCUT2D eigenvalue weighted by molar-refractivity contribution is 0.102. The van der Waals surface area contributed by atoms with Gasteiger partial charge in [-0.1, -0.05) is 12.1 Å². The monoisotopic (exact) mass is 318 g/mol. The molecule has 4 rings (SSSR count). The quantitative estimate of drug-likeness (QED) is 0.608. The Bertz CT molecular complexity index is 1020. The number of hydrogen-bond acceptors (Lipinski definition) is 4. The molecule has 0 radical (unpaired) electrons. The molecule has 0 bridgehead atoms. The summed E-state index contributed by atoms with van der Waals surface area (Å²) in [6, 6.07) is 12.8. The van der Waals surface area contributed by atoms with Crippen LogP contribution in [0.4, 0.5) is 5.69 Å². The summed E-state index contributed by atoms with van der Waals surface area (Å²) in [5.41, 5.74) is 4.42.